The van der Waals surface area contributed by atoms with Gasteiger partial charge in [0, 0.05) is 18.4 Å². The van der Waals surface area contributed by atoms with Gasteiger partial charge in [0.25, 0.3) is 0 Å². The van der Waals surface area contributed by atoms with Crippen LogP contribution >= 0.6 is 11.3 Å². The first-order valence-electron chi connectivity index (χ1n) is 8.86. The third kappa shape index (κ3) is 4.19. The minimum Gasteiger partial charge on any atom is -0.497 e. The zero-order chi connectivity index (χ0) is 20.2. The van der Waals surface area contributed by atoms with Crippen LogP contribution in [0.15, 0.2) is 47.0 Å². The van der Waals surface area contributed by atoms with Crippen molar-refractivity contribution in [2.45, 2.75) is 12.8 Å². The molecule has 0 radical (unpaired) electrons. The van der Waals surface area contributed by atoms with Gasteiger partial charge in [-0.2, -0.15) is 4.98 Å². The van der Waals surface area contributed by atoms with E-state index < -0.39 is 0 Å². The summed E-state index contributed by atoms with van der Waals surface area (Å²) in [6.45, 7) is 0. The number of fused-ring (bicyclic) bond motifs is 1. The maximum Gasteiger partial charge on any atom is 0.227 e. The zero-order valence-electron chi connectivity index (χ0n) is 15.8. The summed E-state index contributed by atoms with van der Waals surface area (Å²) in [6, 6.07) is 13.0. The number of hydrogen-bond donors (Lipinski definition) is 1. The van der Waals surface area contributed by atoms with Crippen molar-refractivity contribution >= 4 is 32.6 Å². The number of benzene rings is 2. The van der Waals surface area contributed by atoms with Crippen molar-refractivity contribution < 1.29 is 18.8 Å². The summed E-state index contributed by atoms with van der Waals surface area (Å²) in [5.74, 6) is 2.13. The van der Waals surface area contributed by atoms with Crippen LogP contribution in [0, 0.1) is 0 Å². The van der Waals surface area contributed by atoms with Crippen LogP contribution in [0.1, 0.15) is 12.3 Å². The van der Waals surface area contributed by atoms with Gasteiger partial charge in [0.1, 0.15) is 17.0 Å². The van der Waals surface area contributed by atoms with E-state index in [4.69, 9.17) is 14.0 Å². The van der Waals surface area contributed by atoms with E-state index in [0.29, 0.717) is 29.0 Å². The van der Waals surface area contributed by atoms with Crippen molar-refractivity contribution in [2.24, 2.45) is 0 Å². The van der Waals surface area contributed by atoms with E-state index in [-0.39, 0.29) is 12.3 Å². The van der Waals surface area contributed by atoms with E-state index in [0.717, 1.165) is 21.5 Å². The first kappa shape index (κ1) is 18.9. The van der Waals surface area contributed by atoms with Crippen LogP contribution in [0.3, 0.4) is 0 Å². The summed E-state index contributed by atoms with van der Waals surface area (Å²) < 4.78 is 16.6. The summed E-state index contributed by atoms with van der Waals surface area (Å²) in [5, 5.41) is 7.31. The lowest BCUT2D eigenvalue weighted by atomic mass is 10.2. The molecule has 29 heavy (non-hydrogen) atoms. The number of amides is 1. The fraction of sp³-hybridized carbons (Fsp3) is 0.200. The Morgan fingerprint density at radius 3 is 2.69 bits per heavy atom. The number of nitrogens with one attached hydrogen (secondary N) is 1. The van der Waals surface area contributed by atoms with Gasteiger partial charge in [0.15, 0.2) is 5.13 Å². The first-order valence-corrected chi connectivity index (χ1v) is 9.68. The Balaban J connectivity index is 1.37. The Kier molecular flexibility index (Phi) is 5.39. The summed E-state index contributed by atoms with van der Waals surface area (Å²) in [7, 11) is 3.20. The molecule has 1 N–H and O–H groups in total. The highest BCUT2D eigenvalue weighted by atomic mass is 32.1. The zero-order valence-corrected chi connectivity index (χ0v) is 16.7. The molecule has 0 aliphatic heterocycles. The van der Waals surface area contributed by atoms with Crippen molar-refractivity contribution in [1.82, 2.24) is 15.1 Å². The second-order valence-corrected chi connectivity index (χ2v) is 7.15. The Morgan fingerprint density at radius 1 is 1.10 bits per heavy atom. The van der Waals surface area contributed by atoms with Gasteiger partial charge in [0.2, 0.25) is 17.6 Å². The monoisotopic (exact) mass is 410 g/mol. The minimum absolute atomic E-state index is 0.174. The number of aromatic nitrogens is 3. The average molecular weight is 410 g/mol. The molecule has 1 amide bonds. The van der Waals surface area contributed by atoms with Crippen LogP contribution in [0.4, 0.5) is 5.13 Å². The molecule has 0 aliphatic carbocycles. The highest BCUT2D eigenvalue weighted by molar-refractivity contribution is 7.22. The number of hydrogen-bond acceptors (Lipinski definition) is 8. The highest BCUT2D eigenvalue weighted by Crippen LogP contribution is 2.32. The number of para-hydroxylation sites is 1. The number of methoxy groups -OCH3 is 2. The van der Waals surface area contributed by atoms with Crippen molar-refractivity contribution in [3.8, 4) is 22.9 Å². The van der Waals surface area contributed by atoms with Gasteiger partial charge in [-0.25, -0.2) is 4.98 Å². The summed E-state index contributed by atoms with van der Waals surface area (Å²) >= 11 is 1.40. The molecule has 0 saturated heterocycles. The molecule has 0 atom stereocenters. The van der Waals surface area contributed by atoms with Gasteiger partial charge >= 0.3 is 0 Å². The SMILES string of the molecule is COc1ccc(-c2noc(CCC(=O)Nc3nc4c(OC)cccc4s3)n2)cc1. The van der Waals surface area contributed by atoms with Crippen LogP contribution in [0.2, 0.25) is 0 Å². The Hall–Kier alpha value is -3.46. The van der Waals surface area contributed by atoms with E-state index in [9.17, 15) is 4.79 Å². The minimum atomic E-state index is -0.174. The van der Waals surface area contributed by atoms with Crippen LogP contribution in [0.25, 0.3) is 21.6 Å². The number of ether oxygens (including phenoxy) is 2. The maximum atomic E-state index is 12.3. The molecule has 2 heterocycles. The fourth-order valence-electron chi connectivity index (χ4n) is 2.76. The lowest BCUT2D eigenvalue weighted by Crippen LogP contribution is -2.12. The van der Waals surface area contributed by atoms with E-state index in [1.54, 1.807) is 14.2 Å². The average Bonchev–Trinajstić information content (AvgIpc) is 3.38. The van der Waals surface area contributed by atoms with E-state index in [1.165, 1.54) is 11.3 Å². The molecule has 0 unspecified atom stereocenters. The smallest absolute Gasteiger partial charge is 0.227 e. The fourth-order valence-corrected chi connectivity index (χ4v) is 3.66. The van der Waals surface area contributed by atoms with Crippen molar-refractivity contribution in [3.63, 3.8) is 0 Å². The van der Waals surface area contributed by atoms with E-state index in [2.05, 4.69) is 20.4 Å². The predicted molar refractivity (Wildman–Crippen MR) is 109 cm³/mol. The van der Waals surface area contributed by atoms with Crippen molar-refractivity contribution in [3.05, 3.63) is 48.4 Å². The van der Waals surface area contributed by atoms with Crippen LogP contribution in [-0.4, -0.2) is 35.3 Å². The van der Waals surface area contributed by atoms with Gasteiger partial charge in [0.05, 0.1) is 18.9 Å². The largest absolute Gasteiger partial charge is 0.497 e. The first-order chi connectivity index (χ1) is 14.2. The lowest BCUT2D eigenvalue weighted by Gasteiger charge is -1.99. The van der Waals surface area contributed by atoms with E-state index >= 15 is 0 Å². The number of aryl methyl sites for hydroxylation is 1. The van der Waals surface area contributed by atoms with Gasteiger partial charge in [-0.05, 0) is 36.4 Å². The Morgan fingerprint density at radius 2 is 1.93 bits per heavy atom. The Bertz CT molecular complexity index is 1140. The van der Waals surface area contributed by atoms with Gasteiger partial charge < -0.3 is 19.3 Å². The third-order valence-electron chi connectivity index (χ3n) is 4.23. The van der Waals surface area contributed by atoms with Gasteiger partial charge in [-0.3, -0.25) is 4.79 Å². The molecule has 0 saturated carbocycles. The normalized spacial score (nSPS) is 10.8. The van der Waals surface area contributed by atoms with Crippen molar-refractivity contribution in [2.75, 3.05) is 19.5 Å². The second-order valence-electron chi connectivity index (χ2n) is 6.11. The molecule has 9 heteroatoms. The standard InChI is InChI=1S/C20H18N4O4S/c1-26-13-8-6-12(7-9-13)19-22-17(28-24-19)11-10-16(25)21-20-23-18-14(27-2)4-3-5-15(18)29-20/h3-9H,10-11H2,1-2H3,(H,21,23,25). The molecule has 8 nitrogen and oxygen atoms in total. The summed E-state index contributed by atoms with van der Waals surface area (Å²) in [5.41, 5.74) is 1.55. The maximum absolute atomic E-state index is 12.3. The molecule has 0 aliphatic rings. The summed E-state index contributed by atoms with van der Waals surface area (Å²) in [6.07, 6.45) is 0.542. The molecule has 2 aromatic heterocycles. The predicted octanol–water partition coefficient (Wildman–Crippen LogP) is 3.93. The molecule has 0 spiro atoms. The molecule has 148 valence electrons. The number of carbonyl (C=O) groups is 1. The number of rotatable bonds is 7. The highest BCUT2D eigenvalue weighted by Gasteiger charge is 2.13. The number of nitrogens with zero attached hydrogens (tertiary/aromatic N) is 3. The quantitative estimate of drug-likeness (QED) is 0.493. The lowest BCUT2D eigenvalue weighted by molar-refractivity contribution is -0.116. The Labute approximate surface area is 170 Å². The molecule has 4 rings (SSSR count). The number of anilines is 1. The third-order valence-corrected chi connectivity index (χ3v) is 5.17. The number of thiazole rings is 1. The summed E-state index contributed by atoms with van der Waals surface area (Å²) in [4.78, 5) is 21.1. The van der Waals surface area contributed by atoms with Crippen LogP contribution < -0.4 is 14.8 Å². The van der Waals surface area contributed by atoms with Crippen molar-refractivity contribution in [1.29, 1.82) is 0 Å². The molecule has 2 aromatic carbocycles. The van der Waals surface area contributed by atoms with Crippen LogP contribution in [0.5, 0.6) is 11.5 Å². The molecule has 0 fully saturated rings. The van der Waals surface area contributed by atoms with E-state index in [1.807, 2.05) is 42.5 Å². The molecule has 0 bridgehead atoms. The van der Waals surface area contributed by atoms with Crippen LogP contribution in [-0.2, 0) is 11.2 Å². The second kappa shape index (κ2) is 8.27. The number of carbonyl (C=O) groups excluding carboxylic acids is 1. The molecule has 4 aromatic rings. The molecular weight excluding hydrogens is 392 g/mol. The van der Waals surface area contributed by atoms with Gasteiger partial charge in [-0.15, -0.1) is 0 Å². The topological polar surface area (TPSA) is 99.4 Å². The van der Waals surface area contributed by atoms with Gasteiger partial charge in [-0.1, -0.05) is 22.6 Å². The molecular formula is C20H18N4O4S.